The summed E-state index contributed by atoms with van der Waals surface area (Å²) >= 11 is 6.11. The van der Waals surface area contributed by atoms with Gasteiger partial charge < -0.3 is 4.90 Å². The van der Waals surface area contributed by atoms with Gasteiger partial charge in [0.2, 0.25) is 15.9 Å². The minimum atomic E-state index is -3.97. The summed E-state index contributed by atoms with van der Waals surface area (Å²) in [5.41, 5.74) is 5.70. The van der Waals surface area contributed by atoms with Crippen LogP contribution in [0.5, 0.6) is 0 Å². The summed E-state index contributed by atoms with van der Waals surface area (Å²) in [5.74, 6) is -0.189. The van der Waals surface area contributed by atoms with E-state index in [2.05, 4.69) is 17.1 Å². The van der Waals surface area contributed by atoms with Crippen LogP contribution in [0.1, 0.15) is 16.7 Å². The zero-order valence-electron chi connectivity index (χ0n) is 16.6. The predicted octanol–water partition coefficient (Wildman–Crippen LogP) is 3.35. The van der Waals surface area contributed by atoms with E-state index in [1.807, 2.05) is 24.3 Å². The lowest BCUT2D eigenvalue weighted by Crippen LogP contribution is -2.35. The molecule has 0 fully saturated rings. The first-order chi connectivity index (χ1) is 14.8. The largest absolute Gasteiger partial charge is 0.312 e. The van der Waals surface area contributed by atoms with E-state index in [4.69, 9.17) is 16.7 Å². The third-order valence-corrected chi connectivity index (χ3v) is 7.43. The van der Waals surface area contributed by atoms with E-state index in [-0.39, 0.29) is 21.7 Å². The van der Waals surface area contributed by atoms with Crippen LogP contribution in [0, 0.1) is 5.92 Å². The van der Waals surface area contributed by atoms with E-state index in [0.717, 1.165) is 22.4 Å². The van der Waals surface area contributed by atoms with Gasteiger partial charge in [0, 0.05) is 29.9 Å². The van der Waals surface area contributed by atoms with E-state index >= 15 is 0 Å². The number of carbonyl (C=O) groups is 1. The Kier molecular flexibility index (Phi) is 4.84. The zero-order chi connectivity index (χ0) is 21.8. The van der Waals surface area contributed by atoms with Gasteiger partial charge in [0.05, 0.1) is 10.7 Å². The Hall–Kier alpha value is -2.74. The standard InChI is InChI=1S/C23H20ClN3O3S/c24-19-12-16-6-8-27(21(16)13-22(19)31(25,29)30)23(28)18-9-14-4-5-15(10-17(14)11-18)20-3-1-2-7-26-20/h1-5,7,10,12-13,18H,6,8-9,11H2,(H2,25,29,30). The van der Waals surface area contributed by atoms with Crippen molar-refractivity contribution in [2.75, 3.05) is 11.4 Å². The van der Waals surface area contributed by atoms with E-state index < -0.39 is 10.0 Å². The van der Waals surface area contributed by atoms with Crippen LogP contribution >= 0.6 is 11.6 Å². The molecule has 6 nitrogen and oxygen atoms in total. The maximum absolute atomic E-state index is 13.4. The molecule has 1 aromatic heterocycles. The molecule has 0 radical (unpaired) electrons. The van der Waals surface area contributed by atoms with Gasteiger partial charge in [-0.2, -0.15) is 0 Å². The summed E-state index contributed by atoms with van der Waals surface area (Å²) < 4.78 is 23.7. The fourth-order valence-electron chi connectivity index (χ4n) is 4.54. The summed E-state index contributed by atoms with van der Waals surface area (Å²) in [4.78, 5) is 19.3. The molecule has 8 heteroatoms. The molecule has 31 heavy (non-hydrogen) atoms. The van der Waals surface area contributed by atoms with Crippen LogP contribution in [-0.2, 0) is 34.1 Å². The molecule has 1 atom stereocenters. The first-order valence-electron chi connectivity index (χ1n) is 10.0. The molecule has 2 N–H and O–H groups in total. The number of benzene rings is 2. The van der Waals surface area contributed by atoms with Crippen molar-refractivity contribution in [2.45, 2.75) is 24.2 Å². The molecule has 1 aliphatic carbocycles. The average Bonchev–Trinajstić information content (AvgIpc) is 3.35. The van der Waals surface area contributed by atoms with Crippen LogP contribution in [0.25, 0.3) is 11.3 Å². The smallest absolute Gasteiger partial charge is 0.239 e. The fourth-order valence-corrected chi connectivity index (χ4v) is 5.66. The molecular weight excluding hydrogens is 434 g/mol. The molecule has 1 amide bonds. The van der Waals surface area contributed by atoms with Gasteiger partial charge in [-0.3, -0.25) is 9.78 Å². The topological polar surface area (TPSA) is 93.4 Å². The van der Waals surface area contributed by atoms with Crippen molar-refractivity contribution in [3.8, 4) is 11.3 Å². The number of carbonyl (C=O) groups excluding carboxylic acids is 1. The normalized spacial score (nSPS) is 17.5. The molecule has 2 heterocycles. The molecule has 1 aliphatic heterocycles. The highest BCUT2D eigenvalue weighted by molar-refractivity contribution is 7.89. The van der Waals surface area contributed by atoms with Crippen LogP contribution in [-0.4, -0.2) is 25.9 Å². The first-order valence-corrected chi connectivity index (χ1v) is 11.9. The Bertz CT molecular complexity index is 1310. The highest BCUT2D eigenvalue weighted by atomic mass is 35.5. The van der Waals surface area contributed by atoms with Gasteiger partial charge in [0.15, 0.2) is 0 Å². The van der Waals surface area contributed by atoms with Crippen molar-refractivity contribution in [3.63, 3.8) is 0 Å². The van der Waals surface area contributed by atoms with Crippen LogP contribution in [0.4, 0.5) is 5.69 Å². The number of anilines is 1. The Labute approximate surface area is 185 Å². The van der Waals surface area contributed by atoms with Gasteiger partial charge in [-0.25, -0.2) is 13.6 Å². The van der Waals surface area contributed by atoms with Crippen LogP contribution < -0.4 is 10.0 Å². The highest BCUT2D eigenvalue weighted by Gasteiger charge is 2.35. The van der Waals surface area contributed by atoms with Gasteiger partial charge in [-0.1, -0.05) is 29.8 Å². The zero-order valence-corrected chi connectivity index (χ0v) is 18.2. The van der Waals surface area contributed by atoms with E-state index in [1.54, 1.807) is 17.2 Å². The number of hydrogen-bond donors (Lipinski definition) is 1. The third kappa shape index (κ3) is 3.63. The van der Waals surface area contributed by atoms with E-state index in [1.165, 1.54) is 11.6 Å². The number of fused-ring (bicyclic) bond motifs is 2. The molecule has 0 bridgehead atoms. The summed E-state index contributed by atoms with van der Waals surface area (Å²) in [6.07, 6.45) is 3.71. The SMILES string of the molecule is NS(=O)(=O)c1cc2c(cc1Cl)CCN2C(=O)C1Cc2ccc(-c3ccccn3)cc2C1. The minimum Gasteiger partial charge on any atom is -0.312 e. The van der Waals surface area contributed by atoms with Crippen LogP contribution in [0.2, 0.25) is 5.02 Å². The lowest BCUT2D eigenvalue weighted by atomic mass is 10.0. The summed E-state index contributed by atoms with van der Waals surface area (Å²) in [6, 6.07) is 15.1. The van der Waals surface area contributed by atoms with Gasteiger partial charge in [0.1, 0.15) is 4.90 Å². The fraction of sp³-hybridized carbons (Fsp3) is 0.217. The quantitative estimate of drug-likeness (QED) is 0.658. The van der Waals surface area contributed by atoms with Crippen molar-refractivity contribution >= 4 is 33.2 Å². The monoisotopic (exact) mass is 453 g/mol. The van der Waals surface area contributed by atoms with Crippen molar-refractivity contribution < 1.29 is 13.2 Å². The Balaban J connectivity index is 1.41. The number of pyridine rings is 1. The number of primary sulfonamides is 1. The van der Waals surface area contributed by atoms with Crippen LogP contribution in [0.15, 0.2) is 59.6 Å². The number of aromatic nitrogens is 1. The van der Waals surface area contributed by atoms with E-state index in [0.29, 0.717) is 31.5 Å². The lowest BCUT2D eigenvalue weighted by molar-refractivity contribution is -0.122. The van der Waals surface area contributed by atoms with Gasteiger partial charge >= 0.3 is 0 Å². The number of nitrogens with zero attached hydrogens (tertiary/aromatic N) is 2. The number of amides is 1. The second kappa shape index (κ2) is 7.44. The van der Waals surface area contributed by atoms with E-state index in [9.17, 15) is 13.2 Å². The number of sulfonamides is 1. The number of halogens is 1. The molecule has 2 aromatic carbocycles. The highest BCUT2D eigenvalue weighted by Crippen LogP contribution is 2.38. The average molecular weight is 454 g/mol. The van der Waals surface area contributed by atoms with Gasteiger partial charge in [0.25, 0.3) is 0 Å². The Morgan fingerprint density at radius 3 is 2.61 bits per heavy atom. The van der Waals surface area contributed by atoms with Crippen molar-refractivity contribution in [2.24, 2.45) is 11.1 Å². The maximum atomic E-state index is 13.4. The predicted molar refractivity (Wildman–Crippen MR) is 119 cm³/mol. The lowest BCUT2D eigenvalue weighted by Gasteiger charge is -2.22. The number of rotatable bonds is 3. The van der Waals surface area contributed by atoms with Crippen molar-refractivity contribution in [1.29, 1.82) is 0 Å². The second-order valence-electron chi connectivity index (χ2n) is 8.00. The van der Waals surface area contributed by atoms with Crippen molar-refractivity contribution in [1.82, 2.24) is 4.98 Å². The molecule has 3 aromatic rings. The first kappa shape index (κ1) is 20.2. The minimum absolute atomic E-state index is 0.00275. The third-order valence-electron chi connectivity index (χ3n) is 6.05. The maximum Gasteiger partial charge on any atom is 0.239 e. The summed E-state index contributed by atoms with van der Waals surface area (Å²) in [7, 11) is -3.97. The molecular formula is C23H20ClN3O3S. The number of nitrogens with two attached hydrogens (primary N) is 1. The Morgan fingerprint density at radius 2 is 1.87 bits per heavy atom. The molecule has 0 saturated carbocycles. The molecule has 1 unspecified atom stereocenters. The van der Waals surface area contributed by atoms with Crippen molar-refractivity contribution in [3.05, 3.63) is 76.4 Å². The van der Waals surface area contributed by atoms with Gasteiger partial charge in [-0.15, -0.1) is 0 Å². The molecule has 5 rings (SSSR count). The second-order valence-corrected chi connectivity index (χ2v) is 9.94. The van der Waals surface area contributed by atoms with Crippen LogP contribution in [0.3, 0.4) is 0 Å². The molecule has 2 aliphatic rings. The number of hydrogen-bond acceptors (Lipinski definition) is 4. The van der Waals surface area contributed by atoms with Gasteiger partial charge in [-0.05, 0) is 66.3 Å². The summed E-state index contributed by atoms with van der Waals surface area (Å²) in [5, 5.41) is 5.38. The molecule has 0 spiro atoms. The molecule has 0 saturated heterocycles. The molecule has 158 valence electrons. The Morgan fingerprint density at radius 1 is 1.06 bits per heavy atom. The summed E-state index contributed by atoms with van der Waals surface area (Å²) in [6.45, 7) is 0.505.